The summed E-state index contributed by atoms with van der Waals surface area (Å²) in [4.78, 5) is 21.3. The van der Waals surface area contributed by atoms with Crippen LogP contribution in [0.4, 0.5) is 11.5 Å². The van der Waals surface area contributed by atoms with Crippen LogP contribution in [0.5, 0.6) is 0 Å². The Balaban J connectivity index is 1.79. The second-order valence-corrected chi connectivity index (χ2v) is 6.44. The molecular formula is C22H24N4O. The number of hydrogen-bond donors (Lipinski definition) is 2. The standard InChI is InChI=1S/C22H24N4O/c1-4-18-12-8-9-15(2)21(18)26-20-13-19(24-16(3)25-20)22(27)23-14-17-10-6-5-7-11-17/h5-13H,4,14H2,1-3H3,(H,23,27)(H,24,25,26). The van der Waals surface area contributed by atoms with E-state index in [1.165, 1.54) is 5.56 Å². The number of para-hydroxylation sites is 1. The second-order valence-electron chi connectivity index (χ2n) is 6.44. The maximum absolute atomic E-state index is 12.5. The van der Waals surface area contributed by atoms with Gasteiger partial charge in [-0.15, -0.1) is 0 Å². The topological polar surface area (TPSA) is 66.9 Å². The number of nitrogens with zero attached hydrogens (tertiary/aromatic N) is 2. The van der Waals surface area contributed by atoms with Crippen molar-refractivity contribution >= 4 is 17.4 Å². The molecule has 0 fully saturated rings. The van der Waals surface area contributed by atoms with Crippen LogP contribution in [0.3, 0.4) is 0 Å². The van der Waals surface area contributed by atoms with Crippen molar-refractivity contribution in [3.8, 4) is 0 Å². The van der Waals surface area contributed by atoms with Crippen molar-refractivity contribution in [3.05, 3.63) is 82.8 Å². The normalized spacial score (nSPS) is 10.5. The summed E-state index contributed by atoms with van der Waals surface area (Å²) < 4.78 is 0. The van der Waals surface area contributed by atoms with Crippen molar-refractivity contribution in [2.24, 2.45) is 0 Å². The number of amides is 1. The van der Waals surface area contributed by atoms with Crippen LogP contribution < -0.4 is 10.6 Å². The van der Waals surface area contributed by atoms with Crippen LogP contribution in [0.25, 0.3) is 0 Å². The molecule has 0 radical (unpaired) electrons. The van der Waals surface area contributed by atoms with E-state index in [-0.39, 0.29) is 5.91 Å². The van der Waals surface area contributed by atoms with Gasteiger partial charge in [0, 0.05) is 18.3 Å². The predicted octanol–water partition coefficient (Wildman–Crippen LogP) is 4.33. The maximum Gasteiger partial charge on any atom is 0.270 e. The van der Waals surface area contributed by atoms with Gasteiger partial charge in [-0.3, -0.25) is 4.79 Å². The van der Waals surface area contributed by atoms with Gasteiger partial charge in [0.15, 0.2) is 0 Å². The monoisotopic (exact) mass is 360 g/mol. The first kappa shape index (κ1) is 18.6. The number of nitrogens with one attached hydrogen (secondary N) is 2. The molecule has 2 aromatic carbocycles. The van der Waals surface area contributed by atoms with Crippen LogP contribution in [0.2, 0.25) is 0 Å². The number of aryl methyl sites for hydroxylation is 3. The molecule has 1 amide bonds. The molecule has 0 saturated heterocycles. The molecular weight excluding hydrogens is 336 g/mol. The zero-order valence-electron chi connectivity index (χ0n) is 15.9. The van der Waals surface area contributed by atoms with E-state index in [0.29, 0.717) is 23.9 Å². The maximum atomic E-state index is 12.5. The zero-order chi connectivity index (χ0) is 19.2. The van der Waals surface area contributed by atoms with Crippen LogP contribution in [-0.2, 0) is 13.0 Å². The third-order valence-electron chi connectivity index (χ3n) is 4.36. The number of aromatic nitrogens is 2. The molecule has 0 saturated carbocycles. The fourth-order valence-electron chi connectivity index (χ4n) is 2.95. The number of hydrogen-bond acceptors (Lipinski definition) is 4. The minimum absolute atomic E-state index is 0.215. The van der Waals surface area contributed by atoms with Gasteiger partial charge in [0.1, 0.15) is 17.3 Å². The summed E-state index contributed by atoms with van der Waals surface area (Å²) in [5.74, 6) is 0.959. The molecule has 2 N–H and O–H groups in total. The number of carbonyl (C=O) groups is 1. The molecule has 5 heteroatoms. The Morgan fingerprint density at radius 2 is 1.78 bits per heavy atom. The van der Waals surface area contributed by atoms with Crippen LogP contribution in [0, 0.1) is 13.8 Å². The average Bonchev–Trinajstić information content (AvgIpc) is 2.68. The Morgan fingerprint density at radius 3 is 2.52 bits per heavy atom. The summed E-state index contributed by atoms with van der Waals surface area (Å²) in [5, 5.41) is 6.28. The average molecular weight is 360 g/mol. The van der Waals surface area contributed by atoms with Crippen molar-refractivity contribution < 1.29 is 4.79 Å². The molecule has 3 rings (SSSR count). The van der Waals surface area contributed by atoms with Crippen molar-refractivity contribution in [2.45, 2.75) is 33.7 Å². The summed E-state index contributed by atoms with van der Waals surface area (Å²) >= 11 is 0. The third-order valence-corrected chi connectivity index (χ3v) is 4.36. The van der Waals surface area contributed by atoms with Gasteiger partial charge in [-0.1, -0.05) is 55.5 Å². The van der Waals surface area contributed by atoms with Gasteiger partial charge < -0.3 is 10.6 Å². The highest BCUT2D eigenvalue weighted by atomic mass is 16.1. The zero-order valence-corrected chi connectivity index (χ0v) is 15.9. The molecule has 0 aliphatic carbocycles. The van der Waals surface area contributed by atoms with Gasteiger partial charge in [0.25, 0.3) is 5.91 Å². The molecule has 0 unspecified atom stereocenters. The first-order valence-corrected chi connectivity index (χ1v) is 9.10. The van der Waals surface area contributed by atoms with Crippen LogP contribution in [-0.4, -0.2) is 15.9 Å². The van der Waals surface area contributed by atoms with E-state index < -0.39 is 0 Å². The Bertz CT molecular complexity index is 938. The smallest absolute Gasteiger partial charge is 0.270 e. The molecule has 1 aromatic heterocycles. The van der Waals surface area contributed by atoms with Gasteiger partial charge in [0.05, 0.1) is 0 Å². The fraction of sp³-hybridized carbons (Fsp3) is 0.227. The fourth-order valence-corrected chi connectivity index (χ4v) is 2.95. The summed E-state index contributed by atoms with van der Waals surface area (Å²) in [6, 6.07) is 17.7. The summed E-state index contributed by atoms with van der Waals surface area (Å²) in [7, 11) is 0. The Morgan fingerprint density at radius 1 is 1.00 bits per heavy atom. The number of benzene rings is 2. The number of rotatable bonds is 6. The van der Waals surface area contributed by atoms with Gasteiger partial charge in [-0.2, -0.15) is 0 Å². The highest BCUT2D eigenvalue weighted by Crippen LogP contribution is 2.24. The second kappa shape index (κ2) is 8.45. The van der Waals surface area contributed by atoms with E-state index >= 15 is 0 Å². The van der Waals surface area contributed by atoms with Crippen molar-refractivity contribution in [3.63, 3.8) is 0 Å². The molecule has 0 atom stereocenters. The number of anilines is 2. The molecule has 0 bridgehead atoms. The third kappa shape index (κ3) is 4.70. The minimum atomic E-state index is -0.215. The minimum Gasteiger partial charge on any atom is -0.347 e. The predicted molar refractivity (Wildman–Crippen MR) is 108 cm³/mol. The molecule has 138 valence electrons. The van der Waals surface area contributed by atoms with E-state index in [1.54, 1.807) is 13.0 Å². The lowest BCUT2D eigenvalue weighted by atomic mass is 10.1. The highest BCUT2D eigenvalue weighted by Gasteiger charge is 2.12. The largest absolute Gasteiger partial charge is 0.347 e. The van der Waals surface area contributed by atoms with E-state index in [9.17, 15) is 4.79 Å². The van der Waals surface area contributed by atoms with E-state index in [4.69, 9.17) is 0 Å². The lowest BCUT2D eigenvalue weighted by molar-refractivity contribution is 0.0945. The lowest BCUT2D eigenvalue weighted by Gasteiger charge is -2.14. The van der Waals surface area contributed by atoms with E-state index in [0.717, 1.165) is 23.2 Å². The van der Waals surface area contributed by atoms with Crippen LogP contribution >= 0.6 is 0 Å². The van der Waals surface area contributed by atoms with Crippen molar-refractivity contribution in [1.29, 1.82) is 0 Å². The van der Waals surface area contributed by atoms with E-state index in [2.05, 4.69) is 46.6 Å². The molecule has 27 heavy (non-hydrogen) atoms. The Labute approximate surface area is 159 Å². The van der Waals surface area contributed by atoms with Crippen molar-refractivity contribution in [2.75, 3.05) is 5.32 Å². The van der Waals surface area contributed by atoms with Crippen LogP contribution in [0.1, 0.15) is 39.9 Å². The van der Waals surface area contributed by atoms with E-state index in [1.807, 2.05) is 36.4 Å². The Hall–Kier alpha value is -3.21. The lowest BCUT2D eigenvalue weighted by Crippen LogP contribution is -2.24. The SMILES string of the molecule is CCc1cccc(C)c1Nc1cc(C(=O)NCc2ccccc2)nc(C)n1. The highest BCUT2D eigenvalue weighted by molar-refractivity contribution is 5.93. The Kier molecular flexibility index (Phi) is 5.81. The molecule has 5 nitrogen and oxygen atoms in total. The number of carbonyl (C=O) groups excluding carboxylic acids is 1. The van der Waals surface area contributed by atoms with Gasteiger partial charge in [0.2, 0.25) is 0 Å². The van der Waals surface area contributed by atoms with Gasteiger partial charge in [-0.05, 0) is 37.0 Å². The molecule has 3 aromatic rings. The molecule has 0 aliphatic rings. The summed E-state index contributed by atoms with van der Waals surface area (Å²) in [5.41, 5.74) is 4.78. The summed E-state index contributed by atoms with van der Waals surface area (Å²) in [6.45, 7) is 6.43. The quantitative estimate of drug-likeness (QED) is 0.687. The molecule has 1 heterocycles. The van der Waals surface area contributed by atoms with Crippen LogP contribution in [0.15, 0.2) is 54.6 Å². The molecule has 0 aliphatic heterocycles. The summed E-state index contributed by atoms with van der Waals surface area (Å²) in [6.07, 6.45) is 0.915. The van der Waals surface area contributed by atoms with Gasteiger partial charge in [-0.25, -0.2) is 9.97 Å². The molecule has 0 spiro atoms. The first-order chi connectivity index (χ1) is 13.1. The van der Waals surface area contributed by atoms with Gasteiger partial charge >= 0.3 is 0 Å². The van der Waals surface area contributed by atoms with Crippen molar-refractivity contribution in [1.82, 2.24) is 15.3 Å². The first-order valence-electron chi connectivity index (χ1n) is 9.10.